The number of nitrogens with zero attached hydrogens (tertiary/aromatic N) is 4. The number of aliphatic hydroxyl groups is 1. The number of aliphatic hydroxyl groups excluding tert-OH is 1. The molecule has 0 fully saturated rings. The molecule has 3 rings (SSSR count). The molecule has 2 heterocycles. The number of rotatable bonds is 1. The first kappa shape index (κ1) is 8.31. The minimum Gasteiger partial charge on any atom is -0.374 e. The van der Waals surface area contributed by atoms with Crippen molar-refractivity contribution in [2.45, 2.75) is 6.73 Å². The maximum Gasteiger partial charge on any atom is 0.138 e. The van der Waals surface area contributed by atoms with Gasteiger partial charge < -0.3 is 5.11 Å². The van der Waals surface area contributed by atoms with Gasteiger partial charge in [0.2, 0.25) is 0 Å². The van der Waals surface area contributed by atoms with Crippen molar-refractivity contribution in [3.63, 3.8) is 0 Å². The van der Waals surface area contributed by atoms with Crippen molar-refractivity contribution < 1.29 is 5.11 Å². The van der Waals surface area contributed by atoms with E-state index in [1.807, 2.05) is 24.3 Å². The molecule has 1 N–H and O–H groups in total. The molecule has 0 aliphatic heterocycles. The summed E-state index contributed by atoms with van der Waals surface area (Å²) in [4.78, 5) is 4.23. The number of hydrogen-bond acceptors (Lipinski definition) is 4. The van der Waals surface area contributed by atoms with Gasteiger partial charge in [-0.2, -0.15) is 0 Å². The van der Waals surface area contributed by atoms with Crippen molar-refractivity contribution in [3.8, 4) is 0 Å². The molecule has 5 heteroatoms. The third-order valence-electron chi connectivity index (χ3n) is 2.40. The van der Waals surface area contributed by atoms with Crippen molar-refractivity contribution in [1.82, 2.24) is 20.0 Å². The van der Waals surface area contributed by atoms with Gasteiger partial charge in [0.25, 0.3) is 0 Å². The predicted molar refractivity (Wildman–Crippen MR) is 55.0 cm³/mol. The number of fused-ring (bicyclic) bond motifs is 3. The van der Waals surface area contributed by atoms with Gasteiger partial charge in [-0.1, -0.05) is 5.21 Å². The summed E-state index contributed by atoms with van der Waals surface area (Å²) in [5.74, 6) is 0. The first-order valence-corrected chi connectivity index (χ1v) is 4.58. The van der Waals surface area contributed by atoms with Gasteiger partial charge in [0.15, 0.2) is 0 Å². The van der Waals surface area contributed by atoms with Gasteiger partial charge in [-0.25, -0.2) is 4.68 Å². The number of aromatic nitrogens is 4. The van der Waals surface area contributed by atoms with Gasteiger partial charge in [-0.05, 0) is 24.3 Å². The average molecular weight is 200 g/mol. The van der Waals surface area contributed by atoms with Gasteiger partial charge in [-0.15, -0.1) is 5.10 Å². The first-order chi connectivity index (χ1) is 7.40. The molecule has 0 amide bonds. The quantitative estimate of drug-likeness (QED) is 0.634. The fourth-order valence-corrected chi connectivity index (χ4v) is 1.69. The molecule has 15 heavy (non-hydrogen) atoms. The van der Waals surface area contributed by atoms with Crippen molar-refractivity contribution >= 4 is 21.9 Å². The van der Waals surface area contributed by atoms with E-state index in [0.29, 0.717) is 0 Å². The van der Waals surface area contributed by atoms with Gasteiger partial charge in [0.1, 0.15) is 12.2 Å². The van der Waals surface area contributed by atoms with E-state index in [1.165, 1.54) is 4.68 Å². The van der Waals surface area contributed by atoms with E-state index in [4.69, 9.17) is 5.11 Å². The van der Waals surface area contributed by atoms with Crippen LogP contribution in [0.3, 0.4) is 0 Å². The zero-order chi connectivity index (χ0) is 10.3. The summed E-state index contributed by atoms with van der Waals surface area (Å²) in [6, 6.07) is 7.56. The highest BCUT2D eigenvalue weighted by Gasteiger charge is 2.07. The lowest BCUT2D eigenvalue weighted by atomic mass is 10.2. The van der Waals surface area contributed by atoms with Crippen LogP contribution in [0.4, 0.5) is 0 Å². The molecular weight excluding hydrogens is 192 g/mol. The summed E-state index contributed by atoms with van der Waals surface area (Å²) in [6.07, 6.45) is 1.74. The summed E-state index contributed by atoms with van der Waals surface area (Å²) >= 11 is 0. The third kappa shape index (κ3) is 1.10. The Hall–Kier alpha value is -2.01. The minimum absolute atomic E-state index is 0.164. The molecule has 0 bridgehead atoms. The molecule has 1 aromatic carbocycles. The highest BCUT2D eigenvalue weighted by Crippen LogP contribution is 2.21. The summed E-state index contributed by atoms with van der Waals surface area (Å²) in [5, 5.41) is 17.9. The summed E-state index contributed by atoms with van der Waals surface area (Å²) in [5.41, 5.74) is 2.47. The highest BCUT2D eigenvalue weighted by molar-refractivity contribution is 6.01. The van der Waals surface area contributed by atoms with Crippen molar-refractivity contribution in [3.05, 3.63) is 30.5 Å². The lowest BCUT2D eigenvalue weighted by Crippen LogP contribution is -1.98. The number of hydrogen-bond donors (Lipinski definition) is 1. The second kappa shape index (κ2) is 2.99. The molecule has 74 valence electrons. The molecule has 5 nitrogen and oxygen atoms in total. The minimum atomic E-state index is -0.164. The molecule has 3 aromatic rings. The first-order valence-electron chi connectivity index (χ1n) is 4.58. The van der Waals surface area contributed by atoms with Crippen molar-refractivity contribution in [2.75, 3.05) is 0 Å². The third-order valence-corrected chi connectivity index (χ3v) is 2.40. The zero-order valence-corrected chi connectivity index (χ0v) is 7.83. The van der Waals surface area contributed by atoms with Crippen LogP contribution in [0.25, 0.3) is 21.9 Å². The van der Waals surface area contributed by atoms with Crippen LogP contribution >= 0.6 is 0 Å². The molecule has 0 spiro atoms. The maximum absolute atomic E-state index is 9.04. The molecule has 0 saturated heterocycles. The van der Waals surface area contributed by atoms with Gasteiger partial charge in [0.05, 0.1) is 11.0 Å². The van der Waals surface area contributed by atoms with E-state index < -0.39 is 0 Å². The molecule has 0 radical (unpaired) electrons. The van der Waals surface area contributed by atoms with E-state index >= 15 is 0 Å². The topological polar surface area (TPSA) is 63.8 Å². The average Bonchev–Trinajstić information content (AvgIpc) is 2.72. The Morgan fingerprint density at radius 3 is 3.07 bits per heavy atom. The molecule has 0 aliphatic carbocycles. The van der Waals surface area contributed by atoms with Gasteiger partial charge >= 0.3 is 0 Å². The standard InChI is InChI=1S/C10H8N4O/c15-6-14-9-4-3-8-7(2-1-5-11-8)10(9)12-13-14/h1-5,15H,6H2. The van der Waals surface area contributed by atoms with Gasteiger partial charge in [-0.3, -0.25) is 4.98 Å². The number of benzene rings is 1. The normalized spacial score (nSPS) is 11.3. The van der Waals surface area contributed by atoms with E-state index in [-0.39, 0.29) is 6.73 Å². The van der Waals surface area contributed by atoms with Crippen molar-refractivity contribution in [1.29, 1.82) is 0 Å². The van der Waals surface area contributed by atoms with Crippen LogP contribution in [0.5, 0.6) is 0 Å². The molecule has 0 saturated carbocycles. The number of pyridine rings is 1. The molecule has 0 unspecified atom stereocenters. The maximum atomic E-state index is 9.04. The zero-order valence-electron chi connectivity index (χ0n) is 7.83. The van der Waals surface area contributed by atoms with Crippen LogP contribution in [-0.4, -0.2) is 25.1 Å². The predicted octanol–water partition coefficient (Wildman–Crippen LogP) is 0.929. The van der Waals surface area contributed by atoms with Crippen LogP contribution in [0, 0.1) is 0 Å². The van der Waals surface area contributed by atoms with Crippen LogP contribution in [-0.2, 0) is 6.73 Å². The van der Waals surface area contributed by atoms with E-state index in [1.54, 1.807) is 6.20 Å². The second-order valence-corrected chi connectivity index (χ2v) is 3.23. The summed E-state index contributed by atoms with van der Waals surface area (Å²) in [7, 11) is 0. The Balaban J connectivity index is 2.50. The lowest BCUT2D eigenvalue weighted by molar-refractivity contribution is 0.197. The fraction of sp³-hybridized carbons (Fsp3) is 0.100. The van der Waals surface area contributed by atoms with Crippen LogP contribution < -0.4 is 0 Å². The van der Waals surface area contributed by atoms with Gasteiger partial charge in [0, 0.05) is 11.6 Å². The van der Waals surface area contributed by atoms with Crippen molar-refractivity contribution in [2.24, 2.45) is 0 Å². The summed E-state index contributed by atoms with van der Waals surface area (Å²) < 4.78 is 1.45. The monoisotopic (exact) mass is 200 g/mol. The SMILES string of the molecule is OCn1nnc2c3cccnc3ccc21. The Morgan fingerprint density at radius 2 is 2.20 bits per heavy atom. The summed E-state index contributed by atoms with van der Waals surface area (Å²) in [6.45, 7) is -0.164. The Labute approximate surface area is 85.0 Å². The van der Waals surface area contributed by atoms with Crippen LogP contribution in [0.2, 0.25) is 0 Å². The van der Waals surface area contributed by atoms with E-state index in [2.05, 4.69) is 15.3 Å². The Morgan fingerprint density at radius 1 is 1.27 bits per heavy atom. The van der Waals surface area contributed by atoms with E-state index in [0.717, 1.165) is 21.9 Å². The van der Waals surface area contributed by atoms with Crippen LogP contribution in [0.15, 0.2) is 30.5 Å². The fourth-order valence-electron chi connectivity index (χ4n) is 1.69. The van der Waals surface area contributed by atoms with Crippen LogP contribution in [0.1, 0.15) is 0 Å². The second-order valence-electron chi connectivity index (χ2n) is 3.23. The smallest absolute Gasteiger partial charge is 0.138 e. The molecular formula is C10H8N4O. The lowest BCUT2D eigenvalue weighted by Gasteiger charge is -1.98. The highest BCUT2D eigenvalue weighted by atomic mass is 16.3. The van der Waals surface area contributed by atoms with E-state index in [9.17, 15) is 0 Å². The molecule has 0 aliphatic rings. The largest absolute Gasteiger partial charge is 0.374 e. The Kier molecular flexibility index (Phi) is 1.66. The molecule has 0 atom stereocenters. The Bertz CT molecular complexity index is 631. The molecule has 2 aromatic heterocycles.